The maximum absolute atomic E-state index is 11.9. The summed E-state index contributed by atoms with van der Waals surface area (Å²) in [7, 11) is 0. The van der Waals surface area contributed by atoms with E-state index in [1.807, 2.05) is 12.3 Å². The molecular weight excluding hydrogens is 316 g/mol. The van der Waals surface area contributed by atoms with E-state index in [1.54, 1.807) is 0 Å². The van der Waals surface area contributed by atoms with E-state index in [2.05, 4.69) is 20.5 Å². The minimum Gasteiger partial charge on any atom is -0.480 e. The highest BCUT2D eigenvalue weighted by Gasteiger charge is 2.17. The van der Waals surface area contributed by atoms with E-state index in [4.69, 9.17) is 5.11 Å². The Hall–Kier alpha value is -1.51. The summed E-state index contributed by atoms with van der Waals surface area (Å²) in [6, 6.07) is -0.687. The minimum atomic E-state index is -0.929. The predicted molar refractivity (Wildman–Crippen MR) is 89.6 cm³/mol. The Morgan fingerprint density at radius 3 is 2.83 bits per heavy atom. The molecule has 1 saturated heterocycles. The number of anilines is 1. The van der Waals surface area contributed by atoms with Gasteiger partial charge in [0.05, 0.1) is 12.2 Å². The van der Waals surface area contributed by atoms with Crippen LogP contribution in [0, 0.1) is 0 Å². The lowest BCUT2D eigenvalue weighted by atomic mass is 10.2. The monoisotopic (exact) mass is 340 g/mol. The zero-order valence-electron chi connectivity index (χ0n) is 13.4. The summed E-state index contributed by atoms with van der Waals surface area (Å²) in [6.45, 7) is 4.92. The molecule has 0 aromatic carbocycles. The molecule has 0 bridgehead atoms. The maximum atomic E-state index is 11.9. The van der Waals surface area contributed by atoms with Crippen LogP contribution < -0.4 is 10.6 Å². The molecule has 2 heterocycles. The highest BCUT2D eigenvalue weighted by Crippen LogP contribution is 2.18. The van der Waals surface area contributed by atoms with Gasteiger partial charge in [-0.15, -0.1) is 11.3 Å². The fourth-order valence-corrected chi connectivity index (χ4v) is 3.31. The molecule has 0 radical (unpaired) electrons. The van der Waals surface area contributed by atoms with Gasteiger partial charge in [-0.3, -0.25) is 19.8 Å². The Balaban J connectivity index is 1.76. The Morgan fingerprint density at radius 2 is 2.17 bits per heavy atom. The van der Waals surface area contributed by atoms with Crippen molar-refractivity contribution >= 4 is 28.3 Å². The number of likely N-dealkylation sites (tertiary alicyclic amines) is 1. The van der Waals surface area contributed by atoms with E-state index in [-0.39, 0.29) is 12.5 Å². The first-order chi connectivity index (χ1) is 11.1. The zero-order chi connectivity index (χ0) is 16.7. The van der Waals surface area contributed by atoms with Crippen molar-refractivity contribution in [1.29, 1.82) is 0 Å². The molecule has 0 spiro atoms. The molecule has 1 aliphatic rings. The van der Waals surface area contributed by atoms with Gasteiger partial charge in [-0.2, -0.15) is 0 Å². The number of carboxylic acid groups (broad SMARTS) is 1. The Kier molecular flexibility index (Phi) is 6.94. The molecule has 0 aliphatic carbocycles. The van der Waals surface area contributed by atoms with Crippen LogP contribution in [0.3, 0.4) is 0 Å². The molecule has 1 fully saturated rings. The van der Waals surface area contributed by atoms with Gasteiger partial charge >= 0.3 is 5.97 Å². The lowest BCUT2D eigenvalue weighted by Gasteiger charge is -2.13. The Labute approximate surface area is 140 Å². The molecule has 1 atom stereocenters. The molecule has 0 saturated carbocycles. The average molecular weight is 340 g/mol. The second-order valence-electron chi connectivity index (χ2n) is 5.74. The number of carbonyl (C=O) groups is 2. The first kappa shape index (κ1) is 17.8. The second-order valence-corrected chi connectivity index (χ2v) is 6.59. The van der Waals surface area contributed by atoms with Gasteiger partial charge in [0.2, 0.25) is 5.91 Å². The van der Waals surface area contributed by atoms with E-state index in [0.29, 0.717) is 11.6 Å². The van der Waals surface area contributed by atoms with Gasteiger partial charge in [0.1, 0.15) is 6.04 Å². The van der Waals surface area contributed by atoms with Gasteiger partial charge in [0, 0.05) is 11.9 Å². The van der Waals surface area contributed by atoms with Gasteiger partial charge in [0.15, 0.2) is 5.13 Å². The minimum absolute atomic E-state index is 0.0298. The zero-order valence-corrected chi connectivity index (χ0v) is 14.2. The number of rotatable bonds is 9. The van der Waals surface area contributed by atoms with Crippen molar-refractivity contribution < 1.29 is 14.7 Å². The van der Waals surface area contributed by atoms with Crippen LogP contribution in [0.5, 0.6) is 0 Å². The quantitative estimate of drug-likeness (QED) is 0.631. The van der Waals surface area contributed by atoms with Crippen molar-refractivity contribution in [3.05, 3.63) is 11.1 Å². The lowest BCUT2D eigenvalue weighted by molar-refractivity contribution is -0.139. The van der Waals surface area contributed by atoms with Gasteiger partial charge in [-0.05, 0) is 32.4 Å². The molecule has 1 amide bonds. The number of hydrogen-bond acceptors (Lipinski definition) is 6. The number of nitrogens with zero attached hydrogens (tertiary/aromatic N) is 2. The van der Waals surface area contributed by atoms with Crippen LogP contribution in [0.2, 0.25) is 0 Å². The van der Waals surface area contributed by atoms with Gasteiger partial charge in [0.25, 0.3) is 0 Å². The molecule has 8 heteroatoms. The topological polar surface area (TPSA) is 94.6 Å². The predicted octanol–water partition coefficient (Wildman–Crippen LogP) is 1.52. The van der Waals surface area contributed by atoms with E-state index in [0.717, 1.165) is 31.7 Å². The third kappa shape index (κ3) is 5.89. The lowest BCUT2D eigenvalue weighted by Crippen LogP contribution is -2.41. The number of nitrogens with one attached hydrogen (secondary N) is 2. The third-order valence-electron chi connectivity index (χ3n) is 3.77. The summed E-state index contributed by atoms with van der Waals surface area (Å²) in [5.41, 5.74) is 0.967. The summed E-state index contributed by atoms with van der Waals surface area (Å²) in [5.74, 6) is -1.20. The van der Waals surface area contributed by atoms with E-state index in [9.17, 15) is 9.59 Å². The Morgan fingerprint density at radius 1 is 1.43 bits per heavy atom. The first-order valence-corrected chi connectivity index (χ1v) is 8.89. The summed E-state index contributed by atoms with van der Waals surface area (Å²) < 4.78 is 0. The van der Waals surface area contributed by atoms with Crippen molar-refractivity contribution in [1.82, 2.24) is 15.2 Å². The Bertz CT molecular complexity index is 529. The van der Waals surface area contributed by atoms with Gasteiger partial charge in [-0.25, -0.2) is 4.98 Å². The number of thiazole rings is 1. The standard InChI is InChI=1S/C15H24N4O3S/c1-2-5-12(14(21)22)16-8-13(20)18-15-17-11(10-23-15)9-19-6-3-4-7-19/h10,12,16H,2-9H2,1H3,(H,21,22)(H,17,18,20). The van der Waals surface area contributed by atoms with Crippen LogP contribution >= 0.6 is 11.3 Å². The molecule has 1 unspecified atom stereocenters. The van der Waals surface area contributed by atoms with Crippen LogP contribution in [0.25, 0.3) is 0 Å². The van der Waals surface area contributed by atoms with E-state index < -0.39 is 12.0 Å². The molecule has 1 aromatic rings. The molecule has 23 heavy (non-hydrogen) atoms. The molecule has 7 nitrogen and oxygen atoms in total. The molecule has 2 rings (SSSR count). The summed E-state index contributed by atoms with van der Waals surface area (Å²) in [5, 5.41) is 17.0. The van der Waals surface area contributed by atoms with Crippen molar-refractivity contribution in [2.45, 2.75) is 45.2 Å². The van der Waals surface area contributed by atoms with Crippen LogP contribution in [0.1, 0.15) is 38.3 Å². The molecule has 1 aliphatic heterocycles. The third-order valence-corrected chi connectivity index (χ3v) is 4.57. The highest BCUT2D eigenvalue weighted by atomic mass is 32.1. The van der Waals surface area contributed by atoms with Crippen LogP contribution in [0.15, 0.2) is 5.38 Å². The van der Waals surface area contributed by atoms with E-state index in [1.165, 1.54) is 24.2 Å². The van der Waals surface area contributed by atoms with Crippen molar-refractivity contribution in [2.75, 3.05) is 25.0 Å². The first-order valence-electron chi connectivity index (χ1n) is 8.01. The van der Waals surface area contributed by atoms with Crippen molar-refractivity contribution in [3.63, 3.8) is 0 Å². The maximum Gasteiger partial charge on any atom is 0.320 e. The van der Waals surface area contributed by atoms with Crippen molar-refractivity contribution in [2.24, 2.45) is 0 Å². The second kappa shape index (κ2) is 8.95. The summed E-state index contributed by atoms with van der Waals surface area (Å²) >= 11 is 1.40. The number of amides is 1. The number of aliphatic carboxylic acids is 1. The normalized spacial score (nSPS) is 16.4. The summed E-state index contributed by atoms with van der Waals surface area (Å²) in [4.78, 5) is 29.7. The van der Waals surface area contributed by atoms with Crippen molar-refractivity contribution in [3.8, 4) is 0 Å². The number of aromatic nitrogens is 1. The smallest absolute Gasteiger partial charge is 0.320 e. The fourth-order valence-electron chi connectivity index (χ4n) is 2.59. The number of hydrogen-bond donors (Lipinski definition) is 3. The molecular formula is C15H24N4O3S. The SMILES string of the molecule is CCCC(NCC(=O)Nc1nc(CN2CCCC2)cs1)C(=O)O. The largest absolute Gasteiger partial charge is 0.480 e. The number of carboxylic acids is 1. The van der Waals surface area contributed by atoms with Gasteiger partial charge in [-0.1, -0.05) is 13.3 Å². The van der Waals surface area contributed by atoms with Crippen LogP contribution in [-0.4, -0.2) is 52.5 Å². The van der Waals surface area contributed by atoms with Crippen LogP contribution in [0.4, 0.5) is 5.13 Å². The average Bonchev–Trinajstić information content (AvgIpc) is 3.16. The van der Waals surface area contributed by atoms with Crippen LogP contribution in [-0.2, 0) is 16.1 Å². The molecule has 128 valence electrons. The number of carbonyl (C=O) groups excluding carboxylic acids is 1. The molecule has 1 aromatic heterocycles. The molecule has 3 N–H and O–H groups in total. The fraction of sp³-hybridized carbons (Fsp3) is 0.667. The van der Waals surface area contributed by atoms with E-state index >= 15 is 0 Å². The highest BCUT2D eigenvalue weighted by molar-refractivity contribution is 7.13. The van der Waals surface area contributed by atoms with Gasteiger partial charge < -0.3 is 10.4 Å². The summed E-state index contributed by atoms with van der Waals surface area (Å²) in [6.07, 6.45) is 3.72.